The van der Waals surface area contributed by atoms with Crippen molar-refractivity contribution < 1.29 is 14.5 Å². The normalized spacial score (nSPS) is 13.7. The molecule has 0 fully saturated rings. The number of aryl methyl sites for hydroxylation is 3. The molecule has 0 spiro atoms. The van der Waals surface area contributed by atoms with Gasteiger partial charge in [0.1, 0.15) is 6.04 Å². The number of carbonyl (C=O) groups excluding carboxylic acids is 1. The Hall–Kier alpha value is -2.07. The second kappa shape index (κ2) is 6.79. The summed E-state index contributed by atoms with van der Waals surface area (Å²) in [6, 6.07) is 7.88. The molecule has 2 atom stereocenters. The molecule has 1 heterocycles. The summed E-state index contributed by atoms with van der Waals surface area (Å²) in [6.07, 6.45) is 1.66. The maximum absolute atomic E-state index is 12.4. The second-order valence-electron chi connectivity index (χ2n) is 6.05. The Morgan fingerprint density at radius 3 is 2.36 bits per heavy atom. The first kappa shape index (κ1) is 16.3. The summed E-state index contributed by atoms with van der Waals surface area (Å²) < 4.78 is 5.38. The van der Waals surface area contributed by atoms with Crippen molar-refractivity contribution in [1.29, 1.82) is 0 Å². The number of nitrogens with two attached hydrogens (primary N) is 1. The van der Waals surface area contributed by atoms with E-state index in [9.17, 15) is 4.79 Å². The van der Waals surface area contributed by atoms with Gasteiger partial charge < -0.3 is 15.1 Å². The van der Waals surface area contributed by atoms with Crippen LogP contribution in [0.4, 0.5) is 5.69 Å². The van der Waals surface area contributed by atoms with Crippen molar-refractivity contribution in [2.24, 2.45) is 0 Å². The first-order valence-corrected chi connectivity index (χ1v) is 7.65. The van der Waals surface area contributed by atoms with Crippen LogP contribution in [0.5, 0.6) is 0 Å². The number of rotatable bonds is 5. The largest absolute Gasteiger partial charge is 0.463 e. The van der Waals surface area contributed by atoms with Gasteiger partial charge in [-0.25, -0.2) is 0 Å². The number of benzene rings is 1. The lowest BCUT2D eigenvalue weighted by molar-refractivity contribution is -0.711. The van der Waals surface area contributed by atoms with Gasteiger partial charge in [-0.15, -0.1) is 0 Å². The molecule has 1 amide bonds. The van der Waals surface area contributed by atoms with E-state index < -0.39 is 0 Å². The monoisotopic (exact) mass is 301 g/mol. The minimum absolute atomic E-state index is 0.00783. The first-order chi connectivity index (χ1) is 10.4. The fourth-order valence-electron chi connectivity index (χ4n) is 2.78. The number of anilines is 1. The summed E-state index contributed by atoms with van der Waals surface area (Å²) >= 11 is 0. The summed E-state index contributed by atoms with van der Waals surface area (Å²) in [5, 5.41) is 5.06. The number of carbonyl (C=O) groups is 1. The molecule has 0 saturated carbocycles. The third kappa shape index (κ3) is 3.77. The van der Waals surface area contributed by atoms with Crippen molar-refractivity contribution in [1.82, 2.24) is 0 Å². The molecule has 118 valence electrons. The molecule has 0 aliphatic heterocycles. The molecule has 0 aliphatic rings. The topological polar surface area (TPSA) is 58.9 Å². The van der Waals surface area contributed by atoms with Crippen LogP contribution in [0, 0.1) is 20.8 Å². The van der Waals surface area contributed by atoms with E-state index in [0.29, 0.717) is 0 Å². The molecular weight excluding hydrogens is 276 g/mol. The maximum Gasteiger partial charge on any atom is 0.282 e. The van der Waals surface area contributed by atoms with Gasteiger partial charge in [-0.3, -0.25) is 4.79 Å². The highest BCUT2D eigenvalue weighted by Gasteiger charge is 2.22. The third-order valence-corrected chi connectivity index (χ3v) is 3.91. The quantitative estimate of drug-likeness (QED) is 0.892. The fraction of sp³-hybridized carbons (Fsp3) is 0.389. The zero-order valence-corrected chi connectivity index (χ0v) is 13.9. The average Bonchev–Trinajstić information content (AvgIpc) is 2.96. The molecule has 3 N–H and O–H groups in total. The van der Waals surface area contributed by atoms with Crippen LogP contribution in [0.2, 0.25) is 0 Å². The number of nitrogens with one attached hydrogen (secondary N) is 1. The molecule has 4 heteroatoms. The number of hydrogen-bond donors (Lipinski definition) is 2. The van der Waals surface area contributed by atoms with E-state index in [4.69, 9.17) is 4.42 Å². The summed E-state index contributed by atoms with van der Waals surface area (Å²) in [5.74, 6) is 0.885. The molecule has 4 nitrogen and oxygen atoms in total. The van der Waals surface area contributed by atoms with E-state index >= 15 is 0 Å². The van der Waals surface area contributed by atoms with Crippen LogP contribution in [0.25, 0.3) is 0 Å². The highest BCUT2D eigenvalue weighted by molar-refractivity contribution is 5.95. The molecule has 0 unspecified atom stereocenters. The molecule has 0 saturated heterocycles. The second-order valence-corrected chi connectivity index (χ2v) is 6.05. The van der Waals surface area contributed by atoms with Gasteiger partial charge in [0.25, 0.3) is 5.91 Å². The van der Waals surface area contributed by atoms with Crippen molar-refractivity contribution in [3.05, 3.63) is 53.0 Å². The molecular formula is C18H25N2O2+. The van der Waals surface area contributed by atoms with Crippen LogP contribution in [0.3, 0.4) is 0 Å². The molecule has 0 aliphatic carbocycles. The zero-order chi connectivity index (χ0) is 16.3. The molecule has 1 aromatic carbocycles. The predicted molar refractivity (Wildman–Crippen MR) is 87.8 cm³/mol. The smallest absolute Gasteiger partial charge is 0.282 e. The van der Waals surface area contributed by atoms with E-state index in [1.807, 2.05) is 45.1 Å². The van der Waals surface area contributed by atoms with Gasteiger partial charge in [0.2, 0.25) is 0 Å². The van der Waals surface area contributed by atoms with E-state index in [1.54, 1.807) is 6.26 Å². The lowest BCUT2D eigenvalue weighted by atomic mass is 10.0. The molecule has 2 rings (SSSR count). The summed E-state index contributed by atoms with van der Waals surface area (Å²) in [6.45, 7) is 10.1. The van der Waals surface area contributed by atoms with Gasteiger partial charge in [0.15, 0.2) is 11.8 Å². The Bertz CT molecular complexity index is 624. The van der Waals surface area contributed by atoms with Crippen LogP contribution in [-0.4, -0.2) is 11.9 Å². The van der Waals surface area contributed by atoms with E-state index in [0.717, 1.165) is 22.6 Å². The van der Waals surface area contributed by atoms with Crippen molar-refractivity contribution in [3.8, 4) is 0 Å². The highest BCUT2D eigenvalue weighted by atomic mass is 16.3. The van der Waals surface area contributed by atoms with Gasteiger partial charge >= 0.3 is 0 Å². The maximum atomic E-state index is 12.4. The van der Waals surface area contributed by atoms with Gasteiger partial charge in [-0.1, -0.05) is 17.7 Å². The number of amides is 1. The van der Waals surface area contributed by atoms with Crippen LogP contribution in [0.1, 0.15) is 42.3 Å². The fourth-order valence-corrected chi connectivity index (χ4v) is 2.78. The number of hydrogen-bond acceptors (Lipinski definition) is 2. The summed E-state index contributed by atoms with van der Waals surface area (Å²) in [4.78, 5) is 12.4. The van der Waals surface area contributed by atoms with Gasteiger partial charge in [-0.2, -0.15) is 0 Å². The molecule has 1 aromatic heterocycles. The Morgan fingerprint density at radius 1 is 1.18 bits per heavy atom. The standard InChI is InChI=1S/C18H24N2O2/c1-11-9-12(2)17(13(3)10-11)20-18(21)15(5)19-14(4)16-7-6-8-22-16/h6-10,14-15,19H,1-5H3,(H,20,21)/p+1/t14-,15-/m0/s1. The first-order valence-electron chi connectivity index (χ1n) is 7.65. The Kier molecular flexibility index (Phi) is 5.03. The Balaban J connectivity index is 2.03. The van der Waals surface area contributed by atoms with Gasteiger partial charge in [0, 0.05) is 5.69 Å². The lowest BCUT2D eigenvalue weighted by Crippen LogP contribution is -2.91. The number of furan rings is 1. The predicted octanol–water partition coefficient (Wildman–Crippen LogP) is 2.86. The zero-order valence-electron chi connectivity index (χ0n) is 13.9. The number of quaternary nitrogens is 1. The van der Waals surface area contributed by atoms with E-state index in [-0.39, 0.29) is 18.0 Å². The molecule has 2 aromatic rings. The van der Waals surface area contributed by atoms with Gasteiger partial charge in [-0.05, 0) is 57.9 Å². The van der Waals surface area contributed by atoms with Crippen molar-refractivity contribution in [2.75, 3.05) is 5.32 Å². The highest BCUT2D eigenvalue weighted by Crippen LogP contribution is 2.21. The van der Waals surface area contributed by atoms with Crippen LogP contribution in [-0.2, 0) is 4.79 Å². The average molecular weight is 301 g/mol. The minimum Gasteiger partial charge on any atom is -0.463 e. The Labute approximate surface area is 131 Å². The third-order valence-electron chi connectivity index (χ3n) is 3.91. The molecule has 22 heavy (non-hydrogen) atoms. The lowest BCUT2D eigenvalue weighted by Gasteiger charge is -2.17. The van der Waals surface area contributed by atoms with Crippen molar-refractivity contribution >= 4 is 11.6 Å². The molecule has 0 bridgehead atoms. The van der Waals surface area contributed by atoms with Gasteiger partial charge in [0.05, 0.1) is 6.26 Å². The van der Waals surface area contributed by atoms with Crippen molar-refractivity contribution in [2.45, 2.75) is 46.7 Å². The SMILES string of the molecule is Cc1cc(C)c(NC(=O)[C@H](C)[NH2+][C@@H](C)c2ccco2)c(C)c1. The molecule has 0 radical (unpaired) electrons. The van der Waals surface area contributed by atoms with Crippen molar-refractivity contribution in [3.63, 3.8) is 0 Å². The summed E-state index contributed by atoms with van der Waals surface area (Å²) in [7, 11) is 0. The van der Waals surface area contributed by atoms with Crippen LogP contribution in [0.15, 0.2) is 34.9 Å². The van der Waals surface area contributed by atoms with Crippen LogP contribution < -0.4 is 10.6 Å². The van der Waals surface area contributed by atoms with Crippen LogP contribution >= 0.6 is 0 Å². The summed E-state index contributed by atoms with van der Waals surface area (Å²) in [5.41, 5.74) is 4.31. The van der Waals surface area contributed by atoms with E-state index in [2.05, 4.69) is 24.4 Å². The van der Waals surface area contributed by atoms with E-state index in [1.165, 1.54) is 5.56 Å². The Morgan fingerprint density at radius 2 is 1.82 bits per heavy atom. The minimum atomic E-state index is -0.194.